The maximum atomic E-state index is 14.0. The molecule has 0 spiro atoms. The maximum absolute atomic E-state index is 14.0. The lowest BCUT2D eigenvalue weighted by atomic mass is 10.00. The van der Waals surface area contributed by atoms with Crippen LogP contribution >= 0.6 is 0 Å². The van der Waals surface area contributed by atoms with Gasteiger partial charge in [-0.1, -0.05) is 97.1 Å². The number of carbonyl (C=O) groups is 2. The molecule has 0 fully saturated rings. The number of phenols is 1. The third-order valence-corrected chi connectivity index (χ3v) is 9.35. The highest BCUT2D eigenvalue weighted by molar-refractivity contribution is 6.14. The number of nitrogens with one attached hydrogen (secondary N) is 3. The highest BCUT2D eigenvalue weighted by Gasteiger charge is 2.21. The van der Waals surface area contributed by atoms with Gasteiger partial charge >= 0.3 is 0 Å². The van der Waals surface area contributed by atoms with Crippen LogP contribution in [0.25, 0.3) is 21.5 Å². The number of carbonyl (C=O) groups excluding carboxylic acids is 2. The van der Waals surface area contributed by atoms with Gasteiger partial charge in [0.15, 0.2) is 5.75 Å². The van der Waals surface area contributed by atoms with Crippen LogP contribution in [0.1, 0.15) is 44.7 Å². The van der Waals surface area contributed by atoms with E-state index in [2.05, 4.69) is 38.5 Å². The zero-order valence-corrected chi connectivity index (χ0v) is 30.9. The van der Waals surface area contributed by atoms with Gasteiger partial charge in [0.25, 0.3) is 11.8 Å². The minimum absolute atomic E-state index is 0.0287. The minimum Gasteiger partial charge on any atom is -0.505 e. The second-order valence-corrected chi connectivity index (χ2v) is 13.2. The average Bonchev–Trinajstić information content (AvgIpc) is 3.23. The summed E-state index contributed by atoms with van der Waals surface area (Å²) in [6.07, 6.45) is 2.70. The highest BCUT2D eigenvalue weighted by atomic mass is 16.6. The molecule has 4 N–H and O–H groups in total. The van der Waals surface area contributed by atoms with Crippen molar-refractivity contribution in [2.24, 2.45) is 10.2 Å². The molecule has 7 aromatic carbocycles. The van der Waals surface area contributed by atoms with Gasteiger partial charge in [-0.05, 0) is 89.7 Å². The Balaban J connectivity index is 1.17. The van der Waals surface area contributed by atoms with E-state index in [0.29, 0.717) is 40.0 Å². The Bertz CT molecular complexity index is 2500. The van der Waals surface area contributed by atoms with Crippen LogP contribution < -0.4 is 20.9 Å². The number of nitrogens with zero attached hydrogens (tertiary/aromatic N) is 2. The Hall–Kier alpha value is -7.04. The number of hydrogen-bond acceptors (Lipinski definition) is 8. The van der Waals surface area contributed by atoms with Gasteiger partial charge in [-0.3, -0.25) is 19.9 Å². The van der Waals surface area contributed by atoms with Crippen LogP contribution in [0.2, 0.25) is 0 Å². The lowest BCUT2D eigenvalue weighted by Gasteiger charge is -2.14. The van der Waals surface area contributed by atoms with Crippen LogP contribution in [0.5, 0.6) is 11.5 Å². The fourth-order valence-corrected chi connectivity index (χ4v) is 6.44. The molecule has 0 atom stereocenters. The molecule has 0 unspecified atom stereocenters. The van der Waals surface area contributed by atoms with Crippen molar-refractivity contribution in [2.45, 2.75) is 25.9 Å². The summed E-state index contributed by atoms with van der Waals surface area (Å²) in [6, 6.07) is 45.1. The number of aryl methyl sites for hydroxylation is 1. The lowest BCUT2D eigenvalue weighted by Crippen LogP contribution is -2.24. The topological polar surface area (TPSA) is 134 Å². The summed E-state index contributed by atoms with van der Waals surface area (Å²) in [6.45, 7) is 0.739. The first kappa shape index (κ1) is 37.3. The van der Waals surface area contributed by atoms with Crippen molar-refractivity contribution in [1.29, 1.82) is 0 Å². The number of para-hydroxylation sites is 1. The van der Waals surface area contributed by atoms with Crippen molar-refractivity contribution in [3.05, 3.63) is 168 Å². The molecule has 56 heavy (non-hydrogen) atoms. The Kier molecular flexibility index (Phi) is 11.9. The monoisotopic (exact) mass is 743 g/mol. The SMILES string of the molecule is COc1ccc(CONc2ccccc2)cc1N=Nc1c(O)c(C(=O)Nc2cccc3ccccc23)cc2cc(C(=O)NCCCCc3ccccc3)ccc12. The number of azo groups is 1. The summed E-state index contributed by atoms with van der Waals surface area (Å²) in [7, 11) is 1.53. The van der Waals surface area contributed by atoms with E-state index in [9.17, 15) is 14.7 Å². The summed E-state index contributed by atoms with van der Waals surface area (Å²) in [4.78, 5) is 33.0. The largest absolute Gasteiger partial charge is 0.505 e. The van der Waals surface area contributed by atoms with Gasteiger partial charge in [0.1, 0.15) is 17.1 Å². The number of rotatable bonds is 15. The number of benzene rings is 7. The molecule has 0 radical (unpaired) electrons. The quantitative estimate of drug-likeness (QED) is 0.0469. The maximum Gasteiger partial charge on any atom is 0.259 e. The van der Waals surface area contributed by atoms with Crippen molar-refractivity contribution < 1.29 is 24.3 Å². The molecular formula is C46H41N5O5. The molecule has 280 valence electrons. The first-order chi connectivity index (χ1) is 27.5. The van der Waals surface area contributed by atoms with Crippen LogP contribution in [-0.2, 0) is 17.9 Å². The lowest BCUT2D eigenvalue weighted by molar-refractivity contribution is 0.0952. The molecule has 10 heteroatoms. The van der Waals surface area contributed by atoms with Crippen LogP contribution in [0.15, 0.2) is 156 Å². The molecule has 7 rings (SSSR count). The molecule has 0 aromatic heterocycles. The van der Waals surface area contributed by atoms with E-state index < -0.39 is 5.91 Å². The normalized spacial score (nSPS) is 11.2. The summed E-state index contributed by atoms with van der Waals surface area (Å²) >= 11 is 0. The van der Waals surface area contributed by atoms with Crippen molar-refractivity contribution in [3.8, 4) is 11.5 Å². The second kappa shape index (κ2) is 17.9. The molecule has 0 aliphatic rings. The average molecular weight is 744 g/mol. The summed E-state index contributed by atoms with van der Waals surface area (Å²) < 4.78 is 5.57. The van der Waals surface area contributed by atoms with Gasteiger partial charge < -0.3 is 20.5 Å². The molecule has 10 nitrogen and oxygen atoms in total. The standard InChI is InChI=1S/C46H41N5O5/c1-55-42-25-22-32(30-56-51-36-18-6-3-7-19-36)27-41(42)49-50-43-38-24-23-34(45(53)47-26-11-10-15-31-13-4-2-5-14-31)28-35(38)29-39(44(43)52)46(54)48-40-21-12-17-33-16-8-9-20-37(33)40/h2-9,12-14,16-25,27-29,51-52H,10-11,15,26,30H2,1H3,(H,47,53)(H,48,54). The van der Waals surface area contributed by atoms with Gasteiger partial charge in [-0.25, -0.2) is 0 Å². The van der Waals surface area contributed by atoms with Crippen molar-refractivity contribution in [2.75, 3.05) is 24.5 Å². The van der Waals surface area contributed by atoms with Gasteiger partial charge in [0, 0.05) is 28.6 Å². The number of fused-ring (bicyclic) bond motifs is 2. The van der Waals surface area contributed by atoms with E-state index in [4.69, 9.17) is 9.57 Å². The number of ether oxygens (including phenoxy) is 1. The minimum atomic E-state index is -0.548. The Morgan fingerprint density at radius 3 is 2.27 bits per heavy atom. The summed E-state index contributed by atoms with van der Waals surface area (Å²) in [5.74, 6) is -0.701. The first-order valence-corrected chi connectivity index (χ1v) is 18.4. The highest BCUT2D eigenvalue weighted by Crippen LogP contribution is 2.41. The Morgan fingerprint density at radius 1 is 0.679 bits per heavy atom. The second-order valence-electron chi connectivity index (χ2n) is 13.2. The number of methoxy groups -OCH3 is 1. The van der Waals surface area contributed by atoms with Crippen LogP contribution in [-0.4, -0.2) is 30.6 Å². The van der Waals surface area contributed by atoms with Crippen LogP contribution in [0.4, 0.5) is 22.7 Å². The zero-order valence-electron chi connectivity index (χ0n) is 30.9. The fraction of sp³-hybridized carbons (Fsp3) is 0.130. The van der Waals surface area contributed by atoms with Gasteiger partial charge in [0.05, 0.1) is 25.0 Å². The molecule has 0 saturated carbocycles. The van der Waals surface area contributed by atoms with Crippen molar-refractivity contribution in [1.82, 2.24) is 5.32 Å². The summed E-state index contributed by atoms with van der Waals surface area (Å²) in [5, 5.41) is 29.5. The number of anilines is 2. The van der Waals surface area contributed by atoms with Crippen LogP contribution in [0.3, 0.4) is 0 Å². The zero-order chi connectivity index (χ0) is 38.7. The van der Waals surface area contributed by atoms with Crippen molar-refractivity contribution in [3.63, 3.8) is 0 Å². The molecular weight excluding hydrogens is 703 g/mol. The Labute approximate surface area is 324 Å². The van der Waals surface area contributed by atoms with E-state index in [-0.39, 0.29) is 29.5 Å². The number of phenolic OH excluding ortho intramolecular Hbond substituents is 1. The Morgan fingerprint density at radius 2 is 1.45 bits per heavy atom. The molecule has 0 bridgehead atoms. The van der Waals surface area contributed by atoms with Crippen LogP contribution in [0, 0.1) is 0 Å². The predicted octanol–water partition coefficient (Wildman–Crippen LogP) is 10.7. The first-order valence-electron chi connectivity index (χ1n) is 18.4. The number of aromatic hydroxyl groups is 1. The van der Waals surface area contributed by atoms with Gasteiger partial charge in [0.2, 0.25) is 0 Å². The third-order valence-electron chi connectivity index (χ3n) is 9.35. The number of unbranched alkanes of at least 4 members (excludes halogenated alkanes) is 1. The van der Waals surface area contributed by atoms with Gasteiger partial charge in [-0.2, -0.15) is 0 Å². The molecule has 7 aromatic rings. The summed E-state index contributed by atoms with van der Waals surface area (Å²) in [5.41, 5.74) is 7.20. The fourth-order valence-electron chi connectivity index (χ4n) is 6.44. The predicted molar refractivity (Wildman–Crippen MR) is 221 cm³/mol. The van der Waals surface area contributed by atoms with E-state index in [0.717, 1.165) is 41.3 Å². The van der Waals surface area contributed by atoms with E-state index >= 15 is 0 Å². The van der Waals surface area contributed by atoms with Gasteiger partial charge in [-0.15, -0.1) is 10.2 Å². The number of amides is 2. The van der Waals surface area contributed by atoms with E-state index in [1.54, 1.807) is 42.5 Å². The smallest absolute Gasteiger partial charge is 0.259 e. The molecule has 2 amide bonds. The molecule has 0 saturated heterocycles. The van der Waals surface area contributed by atoms with Crippen molar-refractivity contribution >= 4 is 56.1 Å². The number of hydrogen-bond donors (Lipinski definition) is 4. The van der Waals surface area contributed by atoms with E-state index in [1.165, 1.54) is 12.7 Å². The van der Waals surface area contributed by atoms with E-state index in [1.807, 2.05) is 91.0 Å². The molecule has 0 heterocycles. The third kappa shape index (κ3) is 9.00. The molecule has 0 aliphatic heterocycles. The molecule has 0 aliphatic carbocycles.